The first-order valence-corrected chi connectivity index (χ1v) is 11.7. The topological polar surface area (TPSA) is 151 Å². The first-order chi connectivity index (χ1) is 14.7. The van der Waals surface area contributed by atoms with Crippen LogP contribution in [0.2, 0.25) is 0 Å². The molecule has 1 aromatic carbocycles. The van der Waals surface area contributed by atoms with Crippen molar-refractivity contribution in [2.45, 2.75) is 43.9 Å². The third kappa shape index (κ3) is 9.62. The van der Waals surface area contributed by atoms with Gasteiger partial charge in [0.1, 0.15) is 18.1 Å². The zero-order valence-corrected chi connectivity index (χ0v) is 19.2. The smallest absolute Gasteiger partial charge is 0.326 e. The van der Waals surface area contributed by atoms with Crippen LogP contribution < -0.4 is 21.7 Å². The van der Waals surface area contributed by atoms with E-state index in [0.717, 1.165) is 5.56 Å². The van der Waals surface area contributed by atoms with Gasteiger partial charge in [-0.05, 0) is 30.9 Å². The fraction of sp³-hybridized carbons (Fsp3) is 0.500. The van der Waals surface area contributed by atoms with E-state index in [0.29, 0.717) is 5.75 Å². The van der Waals surface area contributed by atoms with E-state index in [1.165, 1.54) is 18.7 Å². The average molecular weight is 471 g/mol. The van der Waals surface area contributed by atoms with Crippen molar-refractivity contribution >= 4 is 48.1 Å². The molecule has 0 radical (unpaired) electrons. The number of hydrogen-bond donors (Lipinski definition) is 6. The lowest BCUT2D eigenvalue weighted by molar-refractivity contribution is -0.142. The van der Waals surface area contributed by atoms with Crippen LogP contribution in [0.4, 0.5) is 0 Å². The molecular weight excluding hydrogens is 440 g/mol. The van der Waals surface area contributed by atoms with Gasteiger partial charge < -0.3 is 26.8 Å². The Labute approximate surface area is 191 Å². The summed E-state index contributed by atoms with van der Waals surface area (Å²) in [5, 5.41) is 17.1. The van der Waals surface area contributed by atoms with Crippen molar-refractivity contribution in [3.63, 3.8) is 0 Å². The fourth-order valence-electron chi connectivity index (χ4n) is 2.60. The molecule has 11 heteroatoms. The number of rotatable bonds is 13. The van der Waals surface area contributed by atoms with E-state index in [4.69, 9.17) is 5.73 Å². The Kier molecular flexibility index (Phi) is 12.1. The molecule has 3 amide bonds. The maximum atomic E-state index is 12.8. The summed E-state index contributed by atoms with van der Waals surface area (Å²) >= 11 is 5.56. The van der Waals surface area contributed by atoms with Crippen LogP contribution in [0.1, 0.15) is 18.9 Å². The van der Waals surface area contributed by atoms with Crippen LogP contribution in [-0.2, 0) is 25.6 Å². The predicted molar refractivity (Wildman–Crippen MR) is 124 cm³/mol. The Balaban J connectivity index is 2.87. The molecule has 0 spiro atoms. The quantitative estimate of drug-likeness (QED) is 0.219. The molecule has 0 saturated heterocycles. The summed E-state index contributed by atoms with van der Waals surface area (Å²) in [4.78, 5) is 48.9. The highest BCUT2D eigenvalue weighted by molar-refractivity contribution is 7.98. The van der Waals surface area contributed by atoms with Crippen LogP contribution in [0, 0.1) is 0 Å². The van der Waals surface area contributed by atoms with Crippen LogP contribution in [0.25, 0.3) is 0 Å². The number of thioether (sulfide) groups is 1. The number of carbonyl (C=O) groups is 4. The van der Waals surface area contributed by atoms with Crippen molar-refractivity contribution in [2.75, 3.05) is 17.8 Å². The van der Waals surface area contributed by atoms with Gasteiger partial charge in [-0.1, -0.05) is 30.3 Å². The van der Waals surface area contributed by atoms with Gasteiger partial charge in [0.2, 0.25) is 17.7 Å². The number of carboxylic acids is 1. The van der Waals surface area contributed by atoms with Gasteiger partial charge in [0.15, 0.2) is 0 Å². The summed E-state index contributed by atoms with van der Waals surface area (Å²) in [5.74, 6) is -2.33. The third-order valence-electron chi connectivity index (χ3n) is 4.37. The number of benzene rings is 1. The van der Waals surface area contributed by atoms with Gasteiger partial charge in [-0.25, -0.2) is 4.79 Å². The SMILES string of the molecule is CSCCC(NC(=O)C(CS)NC(=O)C(C)N)C(=O)NC(Cc1ccccc1)C(=O)O. The summed E-state index contributed by atoms with van der Waals surface area (Å²) in [6.07, 6.45) is 2.25. The second kappa shape index (κ2) is 13.9. The second-order valence-electron chi connectivity index (χ2n) is 6.96. The lowest BCUT2D eigenvalue weighted by Crippen LogP contribution is -2.57. The van der Waals surface area contributed by atoms with Crippen LogP contribution in [0.15, 0.2) is 30.3 Å². The third-order valence-corrected chi connectivity index (χ3v) is 5.38. The number of carbonyl (C=O) groups excluding carboxylic acids is 3. The van der Waals surface area contributed by atoms with Gasteiger partial charge in [-0.3, -0.25) is 14.4 Å². The van der Waals surface area contributed by atoms with E-state index in [-0.39, 0.29) is 18.6 Å². The van der Waals surface area contributed by atoms with E-state index < -0.39 is 47.9 Å². The molecule has 0 aliphatic carbocycles. The molecule has 1 rings (SSSR count). The molecule has 0 fully saturated rings. The van der Waals surface area contributed by atoms with Crippen LogP contribution in [-0.4, -0.2) is 70.7 Å². The van der Waals surface area contributed by atoms with Gasteiger partial charge in [0, 0.05) is 12.2 Å². The molecule has 0 aliphatic rings. The minimum absolute atomic E-state index is 0.00686. The van der Waals surface area contributed by atoms with Crippen molar-refractivity contribution in [3.05, 3.63) is 35.9 Å². The molecule has 0 heterocycles. The highest BCUT2D eigenvalue weighted by Gasteiger charge is 2.29. The summed E-state index contributed by atoms with van der Waals surface area (Å²) in [7, 11) is 0. The zero-order valence-electron chi connectivity index (χ0n) is 17.5. The Hall–Kier alpha value is -2.24. The van der Waals surface area contributed by atoms with E-state index in [9.17, 15) is 24.3 Å². The number of nitrogens with one attached hydrogen (secondary N) is 3. The molecule has 0 aliphatic heterocycles. The highest BCUT2D eigenvalue weighted by Crippen LogP contribution is 2.06. The highest BCUT2D eigenvalue weighted by atomic mass is 32.2. The normalized spacial score (nSPS) is 14.6. The number of nitrogens with two attached hydrogens (primary N) is 1. The molecule has 9 nitrogen and oxygen atoms in total. The largest absolute Gasteiger partial charge is 0.480 e. The maximum Gasteiger partial charge on any atom is 0.326 e. The van der Waals surface area contributed by atoms with Gasteiger partial charge in [0.25, 0.3) is 0 Å². The number of hydrogen-bond acceptors (Lipinski definition) is 7. The molecule has 6 N–H and O–H groups in total. The first-order valence-electron chi connectivity index (χ1n) is 9.72. The molecule has 0 aromatic heterocycles. The molecule has 0 bridgehead atoms. The maximum absolute atomic E-state index is 12.8. The van der Waals surface area contributed by atoms with Gasteiger partial charge in [0.05, 0.1) is 6.04 Å². The van der Waals surface area contributed by atoms with Gasteiger partial charge >= 0.3 is 5.97 Å². The van der Waals surface area contributed by atoms with E-state index in [1.54, 1.807) is 24.3 Å². The Bertz CT molecular complexity index is 748. The average Bonchev–Trinajstić information content (AvgIpc) is 2.74. The summed E-state index contributed by atoms with van der Waals surface area (Å²) in [6.45, 7) is 1.48. The number of thiol groups is 1. The number of aliphatic carboxylic acids is 1. The van der Waals surface area contributed by atoms with Crippen molar-refractivity contribution in [1.82, 2.24) is 16.0 Å². The van der Waals surface area contributed by atoms with Crippen LogP contribution >= 0.6 is 24.4 Å². The van der Waals surface area contributed by atoms with E-state index in [2.05, 4.69) is 28.6 Å². The van der Waals surface area contributed by atoms with E-state index >= 15 is 0 Å². The van der Waals surface area contributed by atoms with Crippen molar-refractivity contribution in [1.29, 1.82) is 0 Å². The number of carboxylic acid groups (broad SMARTS) is 1. The summed E-state index contributed by atoms with van der Waals surface area (Å²) in [5.41, 5.74) is 6.27. The molecular formula is C20H30N4O5S2. The van der Waals surface area contributed by atoms with Crippen molar-refractivity contribution < 1.29 is 24.3 Å². The molecule has 0 saturated carbocycles. The predicted octanol–water partition coefficient (Wildman–Crippen LogP) is -0.202. The number of amides is 3. The van der Waals surface area contributed by atoms with Crippen LogP contribution in [0.3, 0.4) is 0 Å². The monoisotopic (exact) mass is 470 g/mol. The Morgan fingerprint density at radius 3 is 2.06 bits per heavy atom. The Morgan fingerprint density at radius 1 is 1.00 bits per heavy atom. The molecule has 31 heavy (non-hydrogen) atoms. The van der Waals surface area contributed by atoms with Crippen molar-refractivity contribution in [2.24, 2.45) is 5.73 Å². The van der Waals surface area contributed by atoms with Gasteiger partial charge in [-0.2, -0.15) is 24.4 Å². The van der Waals surface area contributed by atoms with Crippen LogP contribution in [0.5, 0.6) is 0 Å². The standard InChI is InChI=1S/C20H30N4O5S2/c1-12(21)17(25)24-16(11-30)19(27)22-14(8-9-31-2)18(26)23-15(20(28)29)10-13-6-4-3-5-7-13/h3-7,12,14-16,30H,8-11,21H2,1-2H3,(H,22,27)(H,23,26)(H,24,25)(H,28,29). The Morgan fingerprint density at radius 2 is 1.55 bits per heavy atom. The van der Waals surface area contributed by atoms with Gasteiger partial charge in [-0.15, -0.1) is 0 Å². The van der Waals surface area contributed by atoms with E-state index in [1.807, 2.05) is 12.3 Å². The molecule has 172 valence electrons. The summed E-state index contributed by atoms with van der Waals surface area (Å²) < 4.78 is 0. The molecule has 4 unspecified atom stereocenters. The molecule has 1 aromatic rings. The first kappa shape index (κ1) is 26.8. The lowest BCUT2D eigenvalue weighted by Gasteiger charge is -2.24. The minimum Gasteiger partial charge on any atom is -0.480 e. The second-order valence-corrected chi connectivity index (χ2v) is 8.31. The minimum atomic E-state index is -1.18. The zero-order chi connectivity index (χ0) is 23.4. The van der Waals surface area contributed by atoms with Crippen molar-refractivity contribution in [3.8, 4) is 0 Å². The fourth-order valence-corrected chi connectivity index (χ4v) is 3.32. The lowest BCUT2D eigenvalue weighted by atomic mass is 10.1. The summed E-state index contributed by atoms with van der Waals surface area (Å²) in [6, 6.07) is 5.02. The molecule has 4 atom stereocenters.